The summed E-state index contributed by atoms with van der Waals surface area (Å²) in [4.78, 5) is 20.7. The lowest BCUT2D eigenvalue weighted by molar-refractivity contribution is 0.827. The number of aromatic nitrogens is 3. The molecule has 7 heteroatoms. The van der Waals surface area contributed by atoms with Crippen molar-refractivity contribution in [3.05, 3.63) is 69.6 Å². The summed E-state index contributed by atoms with van der Waals surface area (Å²) in [6.07, 6.45) is 5.73. The SMILES string of the molecule is C=N/C(=C\C=C/C)SCc1cc(=O)n(-c2nc3ccccc3s2)[nH]1. The molecule has 24 heavy (non-hydrogen) atoms. The summed E-state index contributed by atoms with van der Waals surface area (Å²) in [6.45, 7) is 5.50. The van der Waals surface area contributed by atoms with Gasteiger partial charge in [0.2, 0.25) is 5.13 Å². The number of thioether (sulfide) groups is 1. The van der Waals surface area contributed by atoms with Crippen LogP contribution in [0.25, 0.3) is 15.3 Å². The minimum Gasteiger partial charge on any atom is -0.292 e. The van der Waals surface area contributed by atoms with E-state index in [1.165, 1.54) is 27.8 Å². The summed E-state index contributed by atoms with van der Waals surface area (Å²) < 4.78 is 2.54. The van der Waals surface area contributed by atoms with Gasteiger partial charge in [-0.1, -0.05) is 35.6 Å². The fourth-order valence-corrected chi connectivity index (χ4v) is 3.74. The van der Waals surface area contributed by atoms with Crippen molar-refractivity contribution in [3.8, 4) is 5.13 Å². The van der Waals surface area contributed by atoms with E-state index in [1.807, 2.05) is 49.4 Å². The second kappa shape index (κ2) is 7.46. The van der Waals surface area contributed by atoms with Gasteiger partial charge in [0.1, 0.15) is 0 Å². The topological polar surface area (TPSA) is 63.0 Å². The Morgan fingerprint density at radius 3 is 3.08 bits per heavy atom. The van der Waals surface area contributed by atoms with E-state index in [9.17, 15) is 4.79 Å². The summed E-state index contributed by atoms with van der Waals surface area (Å²) in [5.74, 6) is 0.607. The average molecular weight is 356 g/mol. The minimum atomic E-state index is -0.116. The van der Waals surface area contributed by atoms with Crippen LogP contribution >= 0.6 is 23.1 Å². The van der Waals surface area contributed by atoms with Crippen molar-refractivity contribution in [2.75, 3.05) is 0 Å². The van der Waals surface area contributed by atoms with Gasteiger partial charge in [-0.25, -0.2) is 4.98 Å². The summed E-state index contributed by atoms with van der Waals surface area (Å²) >= 11 is 3.00. The summed E-state index contributed by atoms with van der Waals surface area (Å²) in [5.41, 5.74) is 1.59. The quantitative estimate of drug-likeness (QED) is 0.534. The van der Waals surface area contributed by atoms with E-state index in [0.29, 0.717) is 10.9 Å². The Morgan fingerprint density at radius 1 is 1.50 bits per heavy atom. The predicted molar refractivity (Wildman–Crippen MR) is 103 cm³/mol. The standard InChI is InChI=1S/C17H16N4OS2/c1-3-4-9-15(18-2)23-11-12-10-16(22)21(20-12)17-19-13-7-5-6-8-14(13)24-17/h3-10,20H,2,11H2,1H3/b4-3-,15-9+. The zero-order valence-electron chi connectivity index (χ0n) is 13.1. The van der Waals surface area contributed by atoms with E-state index >= 15 is 0 Å². The van der Waals surface area contributed by atoms with E-state index in [0.717, 1.165) is 20.9 Å². The van der Waals surface area contributed by atoms with Crippen molar-refractivity contribution < 1.29 is 0 Å². The smallest absolute Gasteiger partial charge is 0.273 e. The third kappa shape index (κ3) is 3.58. The number of thiazole rings is 1. The Balaban J connectivity index is 1.82. The summed E-state index contributed by atoms with van der Waals surface area (Å²) in [6, 6.07) is 9.43. The van der Waals surface area contributed by atoms with E-state index in [-0.39, 0.29) is 5.56 Å². The number of fused-ring (bicyclic) bond motifs is 1. The zero-order chi connectivity index (χ0) is 16.9. The summed E-state index contributed by atoms with van der Waals surface area (Å²) in [5, 5.41) is 4.57. The molecule has 1 aromatic carbocycles. The monoisotopic (exact) mass is 356 g/mol. The number of nitrogens with one attached hydrogen (secondary N) is 1. The van der Waals surface area contributed by atoms with Gasteiger partial charge in [0.25, 0.3) is 5.56 Å². The lowest BCUT2D eigenvalue weighted by Gasteiger charge is -1.99. The number of para-hydroxylation sites is 1. The van der Waals surface area contributed by atoms with Crippen LogP contribution in [0, 0.1) is 0 Å². The third-order valence-corrected chi connectivity index (χ3v) is 5.25. The van der Waals surface area contributed by atoms with Crippen molar-refractivity contribution in [2.24, 2.45) is 4.99 Å². The van der Waals surface area contributed by atoms with E-state index < -0.39 is 0 Å². The highest BCUT2D eigenvalue weighted by Gasteiger charge is 2.10. The van der Waals surface area contributed by atoms with Crippen LogP contribution in [-0.4, -0.2) is 21.5 Å². The maximum atomic E-state index is 12.2. The molecule has 0 aliphatic heterocycles. The molecule has 0 spiro atoms. The van der Waals surface area contributed by atoms with E-state index in [4.69, 9.17) is 0 Å². The molecule has 0 fully saturated rings. The Kier molecular flexibility index (Phi) is 5.12. The van der Waals surface area contributed by atoms with Crippen molar-refractivity contribution in [2.45, 2.75) is 12.7 Å². The van der Waals surface area contributed by atoms with Gasteiger partial charge in [0, 0.05) is 17.5 Å². The van der Waals surface area contributed by atoms with E-state index in [1.54, 1.807) is 6.07 Å². The highest BCUT2D eigenvalue weighted by Crippen LogP contribution is 2.24. The third-order valence-electron chi connectivity index (χ3n) is 3.21. The second-order valence-corrected chi connectivity index (χ2v) is 6.90. The average Bonchev–Trinajstić information content (AvgIpc) is 3.18. The van der Waals surface area contributed by atoms with Crippen LogP contribution in [0.2, 0.25) is 0 Å². The van der Waals surface area contributed by atoms with Gasteiger partial charge >= 0.3 is 0 Å². The molecule has 0 amide bonds. The van der Waals surface area contributed by atoms with Gasteiger partial charge in [-0.2, -0.15) is 4.68 Å². The predicted octanol–water partition coefficient (Wildman–Crippen LogP) is 4.13. The van der Waals surface area contributed by atoms with Gasteiger partial charge in [-0.3, -0.25) is 14.9 Å². The number of benzene rings is 1. The first kappa shape index (κ1) is 16.5. The lowest BCUT2D eigenvalue weighted by atomic mass is 10.3. The van der Waals surface area contributed by atoms with Crippen molar-refractivity contribution >= 4 is 40.0 Å². The molecular formula is C17H16N4OS2. The van der Waals surface area contributed by atoms with Crippen LogP contribution in [0.5, 0.6) is 0 Å². The highest BCUT2D eigenvalue weighted by molar-refractivity contribution is 8.02. The van der Waals surface area contributed by atoms with Crippen molar-refractivity contribution in [3.63, 3.8) is 0 Å². The van der Waals surface area contributed by atoms with Gasteiger partial charge in [-0.05, 0) is 31.9 Å². The van der Waals surface area contributed by atoms with Crippen LogP contribution in [0.15, 0.2) is 63.4 Å². The Morgan fingerprint density at radius 2 is 2.33 bits per heavy atom. The van der Waals surface area contributed by atoms with Gasteiger partial charge < -0.3 is 0 Å². The second-order valence-electron chi connectivity index (χ2n) is 4.90. The van der Waals surface area contributed by atoms with E-state index in [2.05, 4.69) is 21.8 Å². The molecule has 0 saturated carbocycles. The molecule has 1 N–H and O–H groups in total. The van der Waals surface area contributed by atoms with Crippen LogP contribution < -0.4 is 5.56 Å². The molecule has 0 bridgehead atoms. The Hall–Kier alpha value is -2.38. The summed E-state index contributed by atoms with van der Waals surface area (Å²) in [7, 11) is 0. The van der Waals surface area contributed by atoms with Gasteiger partial charge in [0.05, 0.1) is 15.2 Å². The number of hydrogen-bond donors (Lipinski definition) is 1. The number of nitrogens with zero attached hydrogens (tertiary/aromatic N) is 3. The lowest BCUT2D eigenvalue weighted by Crippen LogP contribution is -2.12. The molecule has 0 unspecified atom stereocenters. The minimum absolute atomic E-state index is 0.116. The number of allylic oxidation sites excluding steroid dienone is 3. The number of hydrogen-bond acceptors (Lipinski definition) is 5. The first-order chi connectivity index (χ1) is 11.7. The fourth-order valence-electron chi connectivity index (χ4n) is 2.09. The molecule has 5 nitrogen and oxygen atoms in total. The fraction of sp³-hybridized carbons (Fsp3) is 0.118. The molecule has 2 aromatic heterocycles. The molecule has 0 radical (unpaired) electrons. The highest BCUT2D eigenvalue weighted by atomic mass is 32.2. The first-order valence-electron chi connectivity index (χ1n) is 7.30. The molecule has 122 valence electrons. The largest absolute Gasteiger partial charge is 0.292 e. The number of H-pyrrole nitrogens is 1. The van der Waals surface area contributed by atoms with Crippen LogP contribution in [0.3, 0.4) is 0 Å². The number of aliphatic imine (C=N–C) groups is 1. The van der Waals surface area contributed by atoms with Gasteiger partial charge in [-0.15, -0.1) is 11.8 Å². The molecule has 3 rings (SSSR count). The Bertz CT molecular complexity index is 945. The maximum absolute atomic E-state index is 12.2. The molecule has 3 aromatic rings. The van der Waals surface area contributed by atoms with Crippen molar-refractivity contribution in [1.82, 2.24) is 14.8 Å². The number of rotatable bonds is 6. The molecule has 0 atom stereocenters. The molecule has 0 aliphatic rings. The zero-order valence-corrected chi connectivity index (χ0v) is 14.7. The number of aromatic amines is 1. The maximum Gasteiger partial charge on any atom is 0.273 e. The Labute approximate surface area is 147 Å². The van der Waals surface area contributed by atoms with Gasteiger partial charge in [0.15, 0.2) is 0 Å². The van der Waals surface area contributed by atoms with Crippen LogP contribution in [0.1, 0.15) is 12.6 Å². The molecule has 2 heterocycles. The normalized spacial score (nSPS) is 12.3. The van der Waals surface area contributed by atoms with Crippen LogP contribution in [0.4, 0.5) is 0 Å². The first-order valence-corrected chi connectivity index (χ1v) is 9.11. The molecule has 0 aliphatic carbocycles. The molecular weight excluding hydrogens is 340 g/mol. The van der Waals surface area contributed by atoms with Crippen LogP contribution in [-0.2, 0) is 5.75 Å². The molecule has 0 saturated heterocycles. The van der Waals surface area contributed by atoms with Crippen molar-refractivity contribution in [1.29, 1.82) is 0 Å².